The molecule has 0 aliphatic heterocycles. The van der Waals surface area contributed by atoms with Crippen molar-refractivity contribution in [3.05, 3.63) is 75.8 Å². The maximum absolute atomic E-state index is 11.9. The number of carbonyl (C=O) groups is 1. The first kappa shape index (κ1) is 12.8. The van der Waals surface area contributed by atoms with E-state index in [2.05, 4.69) is 15.9 Å². The Bertz CT molecular complexity index is 582. The van der Waals surface area contributed by atoms with Crippen LogP contribution < -0.4 is 0 Å². The first-order chi connectivity index (χ1) is 8.65. The van der Waals surface area contributed by atoms with Crippen molar-refractivity contribution < 1.29 is 4.79 Å². The molecule has 2 aromatic rings. The van der Waals surface area contributed by atoms with Gasteiger partial charge in [-0.3, -0.25) is 4.79 Å². The molecule has 0 bridgehead atoms. The average Bonchev–Trinajstić information content (AvgIpc) is 2.37. The molecule has 2 rings (SSSR count). The van der Waals surface area contributed by atoms with Gasteiger partial charge in [0, 0.05) is 10.0 Å². The van der Waals surface area contributed by atoms with Crippen LogP contribution >= 0.6 is 15.9 Å². The van der Waals surface area contributed by atoms with Gasteiger partial charge < -0.3 is 0 Å². The monoisotopic (exact) mass is 300 g/mol. The van der Waals surface area contributed by atoms with E-state index in [1.54, 1.807) is 6.08 Å². The van der Waals surface area contributed by atoms with Gasteiger partial charge >= 0.3 is 0 Å². The summed E-state index contributed by atoms with van der Waals surface area (Å²) in [4.78, 5) is 11.9. The number of rotatable bonds is 3. The van der Waals surface area contributed by atoms with Crippen molar-refractivity contribution in [1.29, 1.82) is 0 Å². The van der Waals surface area contributed by atoms with Crippen molar-refractivity contribution in [2.24, 2.45) is 0 Å². The van der Waals surface area contributed by atoms with Gasteiger partial charge in [0.1, 0.15) is 0 Å². The molecule has 90 valence electrons. The van der Waals surface area contributed by atoms with Gasteiger partial charge in [-0.25, -0.2) is 0 Å². The Kier molecular flexibility index (Phi) is 4.11. The van der Waals surface area contributed by atoms with E-state index in [1.165, 1.54) is 0 Å². The van der Waals surface area contributed by atoms with Gasteiger partial charge in [-0.2, -0.15) is 0 Å². The summed E-state index contributed by atoms with van der Waals surface area (Å²) < 4.78 is 1.01. The Labute approximate surface area is 115 Å². The van der Waals surface area contributed by atoms with Crippen molar-refractivity contribution in [3.63, 3.8) is 0 Å². The highest BCUT2D eigenvalue weighted by Gasteiger charge is 2.00. The predicted octanol–water partition coefficient (Wildman–Crippen LogP) is 4.65. The lowest BCUT2D eigenvalue weighted by Crippen LogP contribution is -1.93. The second kappa shape index (κ2) is 5.78. The summed E-state index contributed by atoms with van der Waals surface area (Å²) in [6, 6.07) is 15.4. The van der Waals surface area contributed by atoms with Crippen LogP contribution in [-0.4, -0.2) is 5.78 Å². The molecule has 0 fully saturated rings. The molecule has 0 amide bonds. The number of halogens is 1. The minimum absolute atomic E-state index is 0.0231. The molecule has 2 aromatic carbocycles. The van der Waals surface area contributed by atoms with Gasteiger partial charge in [0.2, 0.25) is 0 Å². The number of ketones is 1. The van der Waals surface area contributed by atoms with E-state index in [0.29, 0.717) is 5.56 Å². The lowest BCUT2D eigenvalue weighted by atomic mass is 10.1. The van der Waals surface area contributed by atoms with E-state index in [1.807, 2.05) is 61.5 Å². The molecule has 0 N–H and O–H groups in total. The van der Waals surface area contributed by atoms with Crippen LogP contribution in [0.1, 0.15) is 21.5 Å². The van der Waals surface area contributed by atoms with Gasteiger partial charge in [-0.15, -0.1) is 0 Å². The molecule has 2 heteroatoms. The highest BCUT2D eigenvalue weighted by molar-refractivity contribution is 9.10. The summed E-state index contributed by atoms with van der Waals surface area (Å²) >= 11 is 3.40. The lowest BCUT2D eigenvalue weighted by molar-refractivity contribution is 0.104. The smallest absolute Gasteiger partial charge is 0.185 e. The van der Waals surface area contributed by atoms with E-state index >= 15 is 0 Å². The normalized spacial score (nSPS) is 10.8. The molecule has 0 unspecified atom stereocenters. The standard InChI is InChI=1S/C16H13BrO/c1-12-5-8-14(9-6-12)16(18)10-7-13-3-2-4-15(17)11-13/h2-11H,1H3/b10-7-. The van der Waals surface area contributed by atoms with Crippen LogP contribution in [0.25, 0.3) is 6.08 Å². The zero-order chi connectivity index (χ0) is 13.0. The molecular weight excluding hydrogens is 288 g/mol. The number of allylic oxidation sites excluding steroid dienone is 1. The average molecular weight is 301 g/mol. The third-order valence-corrected chi connectivity index (χ3v) is 3.11. The molecule has 0 aromatic heterocycles. The third-order valence-electron chi connectivity index (χ3n) is 2.61. The highest BCUT2D eigenvalue weighted by atomic mass is 79.9. The molecule has 0 aliphatic rings. The molecule has 0 aliphatic carbocycles. The Balaban J connectivity index is 2.14. The number of aryl methyl sites for hydroxylation is 1. The third kappa shape index (κ3) is 3.41. The molecule has 0 radical (unpaired) electrons. The van der Waals surface area contributed by atoms with Crippen LogP contribution in [0.5, 0.6) is 0 Å². The molecule has 18 heavy (non-hydrogen) atoms. The molecule has 0 heterocycles. The fourth-order valence-electron chi connectivity index (χ4n) is 1.60. The summed E-state index contributed by atoms with van der Waals surface area (Å²) in [6.07, 6.45) is 3.43. The molecule has 0 saturated heterocycles. The number of hydrogen-bond acceptors (Lipinski definition) is 1. The number of carbonyl (C=O) groups excluding carboxylic acids is 1. The van der Waals surface area contributed by atoms with Crippen LogP contribution in [-0.2, 0) is 0 Å². The Hall–Kier alpha value is -1.67. The van der Waals surface area contributed by atoms with Crippen LogP contribution in [0, 0.1) is 6.92 Å². The Morgan fingerprint density at radius 2 is 1.83 bits per heavy atom. The van der Waals surface area contributed by atoms with Crippen molar-refractivity contribution in [3.8, 4) is 0 Å². The maximum atomic E-state index is 11.9. The Morgan fingerprint density at radius 1 is 1.11 bits per heavy atom. The highest BCUT2D eigenvalue weighted by Crippen LogP contribution is 2.13. The summed E-state index contributed by atoms with van der Waals surface area (Å²) in [6.45, 7) is 2.01. The zero-order valence-electron chi connectivity index (χ0n) is 10.1. The molecular formula is C16H13BrO. The van der Waals surface area contributed by atoms with Crippen molar-refractivity contribution in [1.82, 2.24) is 0 Å². The van der Waals surface area contributed by atoms with Gasteiger partial charge in [0.15, 0.2) is 5.78 Å². The van der Waals surface area contributed by atoms with Crippen molar-refractivity contribution in [2.45, 2.75) is 6.92 Å². The number of hydrogen-bond donors (Lipinski definition) is 0. The van der Waals surface area contributed by atoms with E-state index in [-0.39, 0.29) is 5.78 Å². The maximum Gasteiger partial charge on any atom is 0.185 e. The van der Waals surface area contributed by atoms with Gasteiger partial charge in [0.25, 0.3) is 0 Å². The zero-order valence-corrected chi connectivity index (χ0v) is 11.6. The summed E-state index contributed by atoms with van der Waals surface area (Å²) in [5.74, 6) is 0.0231. The fourth-order valence-corrected chi connectivity index (χ4v) is 2.01. The molecule has 1 nitrogen and oxygen atoms in total. The first-order valence-corrected chi connectivity index (χ1v) is 6.49. The van der Waals surface area contributed by atoms with E-state index < -0.39 is 0 Å². The Morgan fingerprint density at radius 3 is 2.50 bits per heavy atom. The minimum atomic E-state index is 0.0231. The topological polar surface area (TPSA) is 17.1 Å². The minimum Gasteiger partial charge on any atom is -0.289 e. The largest absolute Gasteiger partial charge is 0.289 e. The van der Waals surface area contributed by atoms with Gasteiger partial charge in [0.05, 0.1) is 0 Å². The summed E-state index contributed by atoms with van der Waals surface area (Å²) in [5, 5.41) is 0. The van der Waals surface area contributed by atoms with E-state index in [0.717, 1.165) is 15.6 Å². The molecule has 0 spiro atoms. The summed E-state index contributed by atoms with van der Waals surface area (Å²) in [7, 11) is 0. The first-order valence-electron chi connectivity index (χ1n) is 5.70. The van der Waals surface area contributed by atoms with Crippen LogP contribution in [0.15, 0.2) is 59.1 Å². The predicted molar refractivity (Wildman–Crippen MR) is 78.7 cm³/mol. The number of benzene rings is 2. The van der Waals surface area contributed by atoms with Crippen LogP contribution in [0.4, 0.5) is 0 Å². The van der Waals surface area contributed by atoms with Crippen LogP contribution in [0.3, 0.4) is 0 Å². The summed E-state index contributed by atoms with van der Waals surface area (Å²) in [5.41, 5.74) is 2.87. The van der Waals surface area contributed by atoms with Gasteiger partial charge in [-0.05, 0) is 30.7 Å². The molecule has 0 atom stereocenters. The van der Waals surface area contributed by atoms with Crippen LogP contribution in [0.2, 0.25) is 0 Å². The van der Waals surface area contributed by atoms with Crippen molar-refractivity contribution >= 4 is 27.8 Å². The van der Waals surface area contributed by atoms with Gasteiger partial charge in [-0.1, -0.05) is 64.0 Å². The second-order valence-electron chi connectivity index (χ2n) is 4.12. The molecule has 0 saturated carbocycles. The van der Waals surface area contributed by atoms with E-state index in [9.17, 15) is 4.79 Å². The lowest BCUT2D eigenvalue weighted by Gasteiger charge is -1.97. The quantitative estimate of drug-likeness (QED) is 0.595. The SMILES string of the molecule is Cc1ccc(C(=O)/C=C\c2cccc(Br)c2)cc1. The second-order valence-corrected chi connectivity index (χ2v) is 5.03. The van der Waals surface area contributed by atoms with Crippen molar-refractivity contribution in [2.75, 3.05) is 0 Å². The van der Waals surface area contributed by atoms with E-state index in [4.69, 9.17) is 0 Å². The fraction of sp³-hybridized carbons (Fsp3) is 0.0625.